The molecule has 0 rings (SSSR count). The van der Waals surface area contributed by atoms with E-state index < -0.39 is 0 Å². The van der Waals surface area contributed by atoms with E-state index in [1.165, 1.54) is 0 Å². The molecule has 78 valence electrons. The van der Waals surface area contributed by atoms with Gasteiger partial charge in [0.1, 0.15) is 0 Å². The smallest absolute Gasteiger partial charge is 0.219 e. The standard InChI is InChI=1S/C8H17NO.C3H6/c1-4-6-9(7-5-2)8(3)10;1-3-2/h4-7H2,1-3H3;3H,1H2,2H3. The van der Waals surface area contributed by atoms with Crippen molar-refractivity contribution in [2.24, 2.45) is 0 Å². The van der Waals surface area contributed by atoms with Gasteiger partial charge in [-0.15, -0.1) is 6.58 Å². The minimum Gasteiger partial charge on any atom is -0.343 e. The molecular weight excluding hydrogens is 162 g/mol. The van der Waals surface area contributed by atoms with E-state index in [1.807, 2.05) is 11.8 Å². The lowest BCUT2D eigenvalue weighted by molar-refractivity contribution is -0.128. The first-order chi connectivity index (χ1) is 6.13. The molecule has 0 aromatic carbocycles. The van der Waals surface area contributed by atoms with E-state index in [0.717, 1.165) is 25.9 Å². The summed E-state index contributed by atoms with van der Waals surface area (Å²) in [6, 6.07) is 0. The summed E-state index contributed by atoms with van der Waals surface area (Å²) in [6.07, 6.45) is 3.86. The van der Waals surface area contributed by atoms with Crippen LogP contribution in [0.15, 0.2) is 12.7 Å². The van der Waals surface area contributed by atoms with E-state index in [2.05, 4.69) is 20.4 Å². The van der Waals surface area contributed by atoms with E-state index in [4.69, 9.17) is 0 Å². The van der Waals surface area contributed by atoms with Crippen LogP contribution in [0.3, 0.4) is 0 Å². The summed E-state index contributed by atoms with van der Waals surface area (Å²) in [5, 5.41) is 0. The summed E-state index contributed by atoms with van der Waals surface area (Å²) < 4.78 is 0. The van der Waals surface area contributed by atoms with Crippen LogP contribution in [0, 0.1) is 0 Å². The number of rotatable bonds is 4. The Kier molecular flexibility index (Phi) is 12.7. The average Bonchev–Trinajstić information content (AvgIpc) is 2.05. The van der Waals surface area contributed by atoms with Crippen molar-refractivity contribution in [2.75, 3.05) is 13.1 Å². The molecular formula is C11H23NO. The van der Waals surface area contributed by atoms with Crippen LogP contribution in [-0.4, -0.2) is 23.9 Å². The molecule has 13 heavy (non-hydrogen) atoms. The third-order valence-electron chi connectivity index (χ3n) is 1.43. The molecule has 0 saturated carbocycles. The van der Waals surface area contributed by atoms with Crippen LogP contribution in [0.25, 0.3) is 0 Å². The molecule has 0 radical (unpaired) electrons. The van der Waals surface area contributed by atoms with E-state index >= 15 is 0 Å². The molecule has 0 aliphatic heterocycles. The third-order valence-corrected chi connectivity index (χ3v) is 1.43. The minimum atomic E-state index is 0.198. The molecule has 0 aromatic rings. The molecule has 0 heterocycles. The van der Waals surface area contributed by atoms with Gasteiger partial charge >= 0.3 is 0 Å². The van der Waals surface area contributed by atoms with Crippen molar-refractivity contribution in [3.05, 3.63) is 12.7 Å². The van der Waals surface area contributed by atoms with Crippen LogP contribution in [0.4, 0.5) is 0 Å². The Labute approximate surface area is 82.6 Å². The van der Waals surface area contributed by atoms with Crippen molar-refractivity contribution in [3.63, 3.8) is 0 Å². The van der Waals surface area contributed by atoms with Crippen LogP contribution in [-0.2, 0) is 4.79 Å². The number of allylic oxidation sites excluding steroid dienone is 1. The Balaban J connectivity index is 0. The molecule has 0 saturated heterocycles. The van der Waals surface area contributed by atoms with Gasteiger partial charge in [0.25, 0.3) is 0 Å². The van der Waals surface area contributed by atoms with Crippen LogP contribution < -0.4 is 0 Å². The highest BCUT2D eigenvalue weighted by Crippen LogP contribution is 1.93. The van der Waals surface area contributed by atoms with Crippen molar-refractivity contribution in [1.29, 1.82) is 0 Å². The summed E-state index contributed by atoms with van der Waals surface area (Å²) in [5.41, 5.74) is 0. The molecule has 0 fully saturated rings. The van der Waals surface area contributed by atoms with Gasteiger partial charge in [-0.1, -0.05) is 19.9 Å². The Morgan fingerprint density at radius 3 is 1.77 bits per heavy atom. The molecule has 0 spiro atoms. The third kappa shape index (κ3) is 11.2. The largest absolute Gasteiger partial charge is 0.343 e. The summed E-state index contributed by atoms with van der Waals surface area (Å²) in [5.74, 6) is 0.198. The number of hydrogen-bond acceptors (Lipinski definition) is 1. The maximum Gasteiger partial charge on any atom is 0.219 e. The quantitative estimate of drug-likeness (QED) is 0.617. The molecule has 0 bridgehead atoms. The van der Waals surface area contributed by atoms with E-state index in [0.29, 0.717) is 0 Å². The Hall–Kier alpha value is -0.790. The van der Waals surface area contributed by atoms with Gasteiger partial charge in [0.2, 0.25) is 5.91 Å². The second-order valence-corrected chi connectivity index (χ2v) is 2.91. The first-order valence-corrected chi connectivity index (χ1v) is 4.96. The van der Waals surface area contributed by atoms with Gasteiger partial charge in [-0.05, 0) is 19.8 Å². The van der Waals surface area contributed by atoms with Crippen molar-refractivity contribution < 1.29 is 4.79 Å². The number of nitrogens with zero attached hydrogens (tertiary/aromatic N) is 1. The summed E-state index contributed by atoms with van der Waals surface area (Å²) in [6.45, 7) is 12.9. The van der Waals surface area contributed by atoms with Crippen molar-refractivity contribution >= 4 is 5.91 Å². The lowest BCUT2D eigenvalue weighted by Crippen LogP contribution is -2.29. The second-order valence-electron chi connectivity index (χ2n) is 2.91. The summed E-state index contributed by atoms with van der Waals surface area (Å²) in [7, 11) is 0. The monoisotopic (exact) mass is 185 g/mol. The molecule has 1 amide bonds. The molecule has 0 atom stereocenters. The maximum atomic E-state index is 10.8. The SMILES string of the molecule is C=CC.CCCN(CCC)C(C)=O. The lowest BCUT2D eigenvalue weighted by atomic mass is 10.3. The minimum absolute atomic E-state index is 0.198. The molecule has 0 aromatic heterocycles. The van der Waals surface area contributed by atoms with Crippen molar-refractivity contribution in [2.45, 2.75) is 40.5 Å². The number of carbonyl (C=O) groups excluding carboxylic acids is 1. The predicted molar refractivity (Wildman–Crippen MR) is 58.7 cm³/mol. The van der Waals surface area contributed by atoms with Crippen LogP contribution in [0.2, 0.25) is 0 Å². The normalized spacial score (nSPS) is 8.31. The number of hydrogen-bond donors (Lipinski definition) is 0. The Morgan fingerprint density at radius 1 is 1.31 bits per heavy atom. The molecule has 0 aliphatic rings. The summed E-state index contributed by atoms with van der Waals surface area (Å²) in [4.78, 5) is 12.7. The van der Waals surface area contributed by atoms with Gasteiger partial charge in [-0.25, -0.2) is 0 Å². The highest BCUT2D eigenvalue weighted by atomic mass is 16.2. The first-order valence-electron chi connectivity index (χ1n) is 4.96. The van der Waals surface area contributed by atoms with E-state index in [-0.39, 0.29) is 5.91 Å². The van der Waals surface area contributed by atoms with Gasteiger partial charge in [-0.3, -0.25) is 4.79 Å². The number of amides is 1. The highest BCUT2D eigenvalue weighted by Gasteiger charge is 2.03. The first kappa shape index (κ1) is 14.7. The average molecular weight is 185 g/mol. The zero-order valence-electron chi connectivity index (χ0n) is 9.47. The van der Waals surface area contributed by atoms with E-state index in [9.17, 15) is 4.79 Å². The van der Waals surface area contributed by atoms with Crippen molar-refractivity contribution in [1.82, 2.24) is 4.90 Å². The molecule has 2 nitrogen and oxygen atoms in total. The zero-order valence-corrected chi connectivity index (χ0v) is 9.47. The fourth-order valence-electron chi connectivity index (χ4n) is 0.967. The van der Waals surface area contributed by atoms with Crippen LogP contribution in [0.1, 0.15) is 40.5 Å². The van der Waals surface area contributed by atoms with Crippen LogP contribution in [0.5, 0.6) is 0 Å². The maximum absolute atomic E-state index is 10.8. The molecule has 2 heteroatoms. The van der Waals surface area contributed by atoms with E-state index in [1.54, 1.807) is 13.0 Å². The van der Waals surface area contributed by atoms with Gasteiger partial charge in [0.15, 0.2) is 0 Å². The molecule has 0 aliphatic carbocycles. The van der Waals surface area contributed by atoms with Crippen LogP contribution >= 0.6 is 0 Å². The second kappa shape index (κ2) is 11.2. The summed E-state index contributed by atoms with van der Waals surface area (Å²) >= 11 is 0. The predicted octanol–water partition coefficient (Wildman–Crippen LogP) is 2.85. The fourth-order valence-corrected chi connectivity index (χ4v) is 0.967. The lowest BCUT2D eigenvalue weighted by Gasteiger charge is -2.18. The van der Waals surface area contributed by atoms with Gasteiger partial charge in [0, 0.05) is 20.0 Å². The fraction of sp³-hybridized carbons (Fsp3) is 0.727. The molecule has 0 unspecified atom stereocenters. The zero-order chi connectivity index (χ0) is 10.7. The molecule has 0 N–H and O–H groups in total. The van der Waals surface area contributed by atoms with Crippen molar-refractivity contribution in [3.8, 4) is 0 Å². The highest BCUT2D eigenvalue weighted by molar-refractivity contribution is 5.73. The Bertz CT molecular complexity index is 126. The van der Waals surface area contributed by atoms with Gasteiger partial charge in [0.05, 0.1) is 0 Å². The van der Waals surface area contributed by atoms with Gasteiger partial charge < -0.3 is 4.90 Å². The Morgan fingerprint density at radius 2 is 1.62 bits per heavy atom. The van der Waals surface area contributed by atoms with Gasteiger partial charge in [-0.2, -0.15) is 0 Å². The number of carbonyl (C=O) groups is 1. The topological polar surface area (TPSA) is 20.3 Å².